The van der Waals surface area contributed by atoms with Gasteiger partial charge in [-0.3, -0.25) is 9.48 Å². The number of anilines is 1. The first kappa shape index (κ1) is 22.7. The molecule has 10 heteroatoms. The lowest BCUT2D eigenvalue weighted by Crippen LogP contribution is -2.13. The summed E-state index contributed by atoms with van der Waals surface area (Å²) < 4.78 is 27.3. The standard InChI is InChI=1S/C23H21BrFN5O3/c24-17-6-9-20(19(25)13-17)28-23(31)21-14-33-22(27-21)15-32-18-7-4-16(5-8-18)3-1-2-11-30-12-10-26-29-30/h4-10,12-14H,1-3,11,15H2,(H,28,31). The zero-order valence-corrected chi connectivity index (χ0v) is 19.2. The van der Waals surface area contributed by atoms with Crippen molar-refractivity contribution < 1.29 is 18.3 Å². The zero-order chi connectivity index (χ0) is 23.0. The summed E-state index contributed by atoms with van der Waals surface area (Å²) in [6.45, 7) is 0.923. The zero-order valence-electron chi connectivity index (χ0n) is 17.6. The summed E-state index contributed by atoms with van der Waals surface area (Å²) in [5.74, 6) is -0.209. The molecule has 0 fully saturated rings. The van der Waals surface area contributed by atoms with Crippen molar-refractivity contribution in [2.24, 2.45) is 0 Å². The molecule has 8 nitrogen and oxygen atoms in total. The molecule has 0 aliphatic heterocycles. The molecule has 4 rings (SSSR count). The van der Waals surface area contributed by atoms with Gasteiger partial charge in [0, 0.05) is 17.2 Å². The minimum atomic E-state index is -0.570. The van der Waals surface area contributed by atoms with Crippen LogP contribution in [0.1, 0.15) is 34.8 Å². The molecular formula is C23H21BrFN5O3. The Kier molecular flexibility index (Phi) is 7.46. The third kappa shape index (κ3) is 6.48. The third-order valence-corrected chi connectivity index (χ3v) is 5.32. The number of aryl methyl sites for hydroxylation is 2. The lowest BCUT2D eigenvalue weighted by Gasteiger charge is -2.06. The number of hydrogen-bond acceptors (Lipinski definition) is 6. The molecule has 0 atom stereocenters. The van der Waals surface area contributed by atoms with Crippen LogP contribution in [0.4, 0.5) is 10.1 Å². The molecule has 0 saturated heterocycles. The molecule has 0 spiro atoms. The van der Waals surface area contributed by atoms with Crippen molar-refractivity contribution in [3.8, 4) is 5.75 Å². The Morgan fingerprint density at radius 3 is 2.79 bits per heavy atom. The van der Waals surface area contributed by atoms with Crippen LogP contribution in [0.25, 0.3) is 0 Å². The molecular weight excluding hydrogens is 493 g/mol. The molecule has 0 aliphatic rings. The second kappa shape index (κ2) is 10.9. The predicted octanol–water partition coefficient (Wildman–Crippen LogP) is 5.02. The van der Waals surface area contributed by atoms with Gasteiger partial charge >= 0.3 is 0 Å². The number of amides is 1. The fourth-order valence-electron chi connectivity index (χ4n) is 3.11. The van der Waals surface area contributed by atoms with Crippen LogP contribution in [-0.4, -0.2) is 25.9 Å². The van der Waals surface area contributed by atoms with E-state index < -0.39 is 11.7 Å². The number of benzene rings is 2. The van der Waals surface area contributed by atoms with Gasteiger partial charge in [-0.15, -0.1) is 5.10 Å². The van der Waals surface area contributed by atoms with Crippen molar-refractivity contribution in [3.63, 3.8) is 0 Å². The van der Waals surface area contributed by atoms with Crippen LogP contribution in [0, 0.1) is 5.82 Å². The smallest absolute Gasteiger partial charge is 0.277 e. The van der Waals surface area contributed by atoms with Gasteiger partial charge in [0.25, 0.3) is 5.91 Å². The molecule has 0 aliphatic carbocycles. The van der Waals surface area contributed by atoms with Crippen LogP contribution in [-0.2, 0) is 19.6 Å². The van der Waals surface area contributed by atoms with Gasteiger partial charge in [0.15, 0.2) is 12.3 Å². The van der Waals surface area contributed by atoms with Gasteiger partial charge in [0.2, 0.25) is 5.89 Å². The van der Waals surface area contributed by atoms with Crippen LogP contribution in [0.3, 0.4) is 0 Å². The molecule has 0 saturated carbocycles. The van der Waals surface area contributed by atoms with Crippen molar-refractivity contribution >= 4 is 27.5 Å². The minimum Gasteiger partial charge on any atom is -0.484 e. The second-order valence-electron chi connectivity index (χ2n) is 7.26. The predicted molar refractivity (Wildman–Crippen MR) is 122 cm³/mol. The summed E-state index contributed by atoms with van der Waals surface area (Å²) in [4.78, 5) is 16.4. The first-order valence-electron chi connectivity index (χ1n) is 10.3. The van der Waals surface area contributed by atoms with E-state index in [2.05, 4.69) is 36.5 Å². The number of nitrogens with one attached hydrogen (secondary N) is 1. The Bertz CT molecular complexity index is 1200. The first-order chi connectivity index (χ1) is 16.1. The molecule has 2 heterocycles. The third-order valence-electron chi connectivity index (χ3n) is 4.82. The van der Waals surface area contributed by atoms with Gasteiger partial charge in [-0.1, -0.05) is 33.3 Å². The first-order valence-corrected chi connectivity index (χ1v) is 11.1. The lowest BCUT2D eigenvalue weighted by atomic mass is 10.1. The highest BCUT2D eigenvalue weighted by atomic mass is 79.9. The number of halogens is 2. The number of carbonyl (C=O) groups is 1. The molecule has 0 bridgehead atoms. The molecule has 170 valence electrons. The van der Waals surface area contributed by atoms with Crippen LogP contribution >= 0.6 is 15.9 Å². The normalized spacial score (nSPS) is 10.8. The van der Waals surface area contributed by atoms with Crippen LogP contribution in [0.5, 0.6) is 5.75 Å². The number of hydrogen-bond donors (Lipinski definition) is 1. The van der Waals surface area contributed by atoms with E-state index in [-0.39, 0.29) is 23.9 Å². The topological polar surface area (TPSA) is 95.1 Å². The van der Waals surface area contributed by atoms with Crippen molar-refractivity contribution in [3.05, 3.63) is 88.6 Å². The van der Waals surface area contributed by atoms with Gasteiger partial charge in [-0.25, -0.2) is 9.37 Å². The van der Waals surface area contributed by atoms with E-state index in [9.17, 15) is 9.18 Å². The average Bonchev–Trinajstić information content (AvgIpc) is 3.50. The Morgan fingerprint density at radius 1 is 1.18 bits per heavy atom. The number of nitrogens with zero attached hydrogens (tertiary/aromatic N) is 4. The SMILES string of the molecule is O=C(Nc1ccc(Br)cc1F)c1coc(COc2ccc(CCCCn3ccnn3)cc2)n1. The maximum absolute atomic E-state index is 13.9. The molecule has 2 aromatic heterocycles. The quantitative estimate of drug-likeness (QED) is 0.299. The van der Waals surface area contributed by atoms with Gasteiger partial charge in [0.1, 0.15) is 17.8 Å². The Hall–Kier alpha value is -3.53. The minimum absolute atomic E-state index is 0.0390. The molecule has 4 aromatic rings. The van der Waals surface area contributed by atoms with Crippen molar-refractivity contribution in [1.29, 1.82) is 0 Å². The maximum Gasteiger partial charge on any atom is 0.277 e. The Morgan fingerprint density at radius 2 is 2.03 bits per heavy atom. The summed E-state index contributed by atoms with van der Waals surface area (Å²) in [7, 11) is 0. The van der Waals surface area contributed by atoms with Gasteiger partial charge < -0.3 is 14.5 Å². The molecule has 0 unspecified atom stereocenters. The van der Waals surface area contributed by atoms with E-state index in [1.807, 2.05) is 35.1 Å². The van der Waals surface area contributed by atoms with Crippen molar-refractivity contribution in [1.82, 2.24) is 20.0 Å². The van der Waals surface area contributed by atoms with E-state index in [1.165, 1.54) is 24.0 Å². The van der Waals surface area contributed by atoms with E-state index >= 15 is 0 Å². The van der Waals surface area contributed by atoms with Crippen LogP contribution in [0.2, 0.25) is 0 Å². The highest BCUT2D eigenvalue weighted by Gasteiger charge is 2.15. The molecule has 1 N–H and O–H groups in total. The summed E-state index contributed by atoms with van der Waals surface area (Å²) >= 11 is 3.17. The highest BCUT2D eigenvalue weighted by Crippen LogP contribution is 2.20. The molecule has 33 heavy (non-hydrogen) atoms. The lowest BCUT2D eigenvalue weighted by molar-refractivity contribution is 0.102. The van der Waals surface area contributed by atoms with Crippen LogP contribution < -0.4 is 10.1 Å². The molecule has 0 radical (unpaired) electrons. The van der Waals surface area contributed by atoms with E-state index in [4.69, 9.17) is 9.15 Å². The average molecular weight is 514 g/mol. The number of unbranched alkanes of at least 4 members (excludes halogenated alkanes) is 1. The fourth-order valence-corrected chi connectivity index (χ4v) is 3.44. The number of oxazole rings is 1. The summed E-state index contributed by atoms with van der Waals surface area (Å²) in [5, 5.41) is 10.2. The Balaban J connectivity index is 1.22. The molecule has 1 amide bonds. The number of carbonyl (C=O) groups excluding carboxylic acids is 1. The van der Waals surface area contributed by atoms with Crippen LogP contribution in [0.15, 0.2) is 70.0 Å². The summed E-state index contributed by atoms with van der Waals surface area (Å²) in [5.41, 5.74) is 1.32. The highest BCUT2D eigenvalue weighted by molar-refractivity contribution is 9.10. The van der Waals surface area contributed by atoms with Crippen molar-refractivity contribution in [2.45, 2.75) is 32.4 Å². The number of rotatable bonds is 10. The van der Waals surface area contributed by atoms with Gasteiger partial charge in [-0.05, 0) is 55.2 Å². The Labute approximate surface area is 197 Å². The van der Waals surface area contributed by atoms with Gasteiger partial charge in [-0.2, -0.15) is 0 Å². The number of aromatic nitrogens is 4. The van der Waals surface area contributed by atoms with E-state index in [0.717, 1.165) is 25.8 Å². The second-order valence-corrected chi connectivity index (χ2v) is 8.18. The fraction of sp³-hybridized carbons (Fsp3) is 0.217. The van der Waals surface area contributed by atoms with Crippen molar-refractivity contribution in [2.75, 3.05) is 5.32 Å². The molecule has 2 aromatic carbocycles. The number of ether oxygens (including phenoxy) is 1. The van der Waals surface area contributed by atoms with E-state index in [0.29, 0.717) is 10.2 Å². The van der Waals surface area contributed by atoms with Gasteiger partial charge in [0.05, 0.1) is 11.9 Å². The maximum atomic E-state index is 13.9. The summed E-state index contributed by atoms with van der Waals surface area (Å²) in [6, 6.07) is 12.2. The summed E-state index contributed by atoms with van der Waals surface area (Å²) in [6.07, 6.45) is 7.79. The monoisotopic (exact) mass is 513 g/mol. The van der Waals surface area contributed by atoms with E-state index in [1.54, 1.807) is 12.3 Å². The largest absolute Gasteiger partial charge is 0.484 e.